The summed E-state index contributed by atoms with van der Waals surface area (Å²) in [4.78, 5) is 4.78. The molecule has 150 valence electrons. The van der Waals surface area contributed by atoms with Crippen LogP contribution in [0.1, 0.15) is 16.7 Å². The van der Waals surface area contributed by atoms with Crippen LogP contribution in [0.3, 0.4) is 0 Å². The Bertz CT molecular complexity index is 1230. The van der Waals surface area contributed by atoms with Crippen LogP contribution in [0.2, 0.25) is 0 Å². The highest BCUT2D eigenvalue weighted by Gasteiger charge is 2.14. The highest BCUT2D eigenvalue weighted by molar-refractivity contribution is 7.89. The van der Waals surface area contributed by atoms with Gasteiger partial charge in [-0.25, -0.2) is 13.4 Å². The smallest absolute Gasteiger partial charge is 0.151 e. The van der Waals surface area contributed by atoms with Crippen LogP contribution in [0, 0.1) is 0 Å². The summed E-state index contributed by atoms with van der Waals surface area (Å²) in [5, 5.41) is 2.23. The molecular formula is C23H22ClNO3S. The Kier molecular flexibility index (Phi) is 6.10. The van der Waals surface area contributed by atoms with Gasteiger partial charge in [-0.3, -0.25) is 0 Å². The monoisotopic (exact) mass is 427 g/mol. The lowest BCUT2D eigenvalue weighted by molar-refractivity contribution is 0.410. The molecule has 29 heavy (non-hydrogen) atoms. The molecular weight excluding hydrogens is 406 g/mol. The topological polar surface area (TPSA) is 56.3 Å². The number of rotatable bonds is 5. The van der Waals surface area contributed by atoms with Crippen molar-refractivity contribution in [2.45, 2.75) is 12.2 Å². The van der Waals surface area contributed by atoms with Gasteiger partial charge in [0.2, 0.25) is 0 Å². The maximum Gasteiger partial charge on any atom is 0.151 e. The van der Waals surface area contributed by atoms with Crippen LogP contribution in [0.25, 0.3) is 21.8 Å². The van der Waals surface area contributed by atoms with Gasteiger partial charge in [-0.1, -0.05) is 48.5 Å². The Morgan fingerprint density at radius 1 is 0.897 bits per heavy atom. The number of halogens is 1. The number of hydrogen-bond donors (Lipinski definition) is 0. The molecule has 0 amide bonds. The molecule has 4 rings (SSSR count). The van der Waals surface area contributed by atoms with Gasteiger partial charge < -0.3 is 4.74 Å². The van der Waals surface area contributed by atoms with Gasteiger partial charge in [0, 0.05) is 23.4 Å². The first kappa shape index (κ1) is 21.1. The van der Waals surface area contributed by atoms with Gasteiger partial charge in [0.25, 0.3) is 0 Å². The number of fused-ring (bicyclic) bond motifs is 2. The van der Waals surface area contributed by atoms with Gasteiger partial charge in [0.15, 0.2) is 9.84 Å². The molecule has 3 aromatic carbocycles. The lowest BCUT2D eigenvalue weighted by atomic mass is 9.95. The Labute approximate surface area is 176 Å². The molecule has 0 atom stereocenters. The summed E-state index contributed by atoms with van der Waals surface area (Å²) in [5.41, 5.74) is 4.86. The van der Waals surface area contributed by atoms with E-state index in [2.05, 4.69) is 12.1 Å². The van der Waals surface area contributed by atoms with E-state index in [1.807, 2.05) is 54.6 Å². The van der Waals surface area contributed by atoms with E-state index in [-0.39, 0.29) is 18.2 Å². The first-order valence-electron chi connectivity index (χ1n) is 9.04. The van der Waals surface area contributed by atoms with Gasteiger partial charge in [0.05, 0.1) is 23.9 Å². The molecule has 0 saturated carbocycles. The maximum absolute atomic E-state index is 11.6. The molecule has 0 aliphatic rings. The molecule has 0 aliphatic heterocycles. The zero-order valence-electron chi connectivity index (χ0n) is 16.3. The van der Waals surface area contributed by atoms with Crippen LogP contribution >= 0.6 is 12.4 Å². The molecule has 0 fully saturated rings. The van der Waals surface area contributed by atoms with Gasteiger partial charge in [0.1, 0.15) is 5.75 Å². The molecule has 1 heterocycles. The molecule has 6 heteroatoms. The molecule has 0 saturated heterocycles. The fourth-order valence-corrected chi connectivity index (χ4v) is 4.42. The van der Waals surface area contributed by atoms with E-state index >= 15 is 0 Å². The zero-order valence-corrected chi connectivity index (χ0v) is 17.9. The second kappa shape index (κ2) is 8.39. The molecule has 0 N–H and O–H groups in total. The van der Waals surface area contributed by atoms with Crippen molar-refractivity contribution < 1.29 is 13.2 Å². The van der Waals surface area contributed by atoms with E-state index in [9.17, 15) is 8.42 Å². The lowest BCUT2D eigenvalue weighted by Gasteiger charge is -2.14. The van der Waals surface area contributed by atoms with Gasteiger partial charge in [-0.05, 0) is 34.9 Å². The SMILES string of the molecule is COc1cc(CS(C)(=O)=O)ccc1Cc1c2ccccc2nc2ccccc12.Cl. The summed E-state index contributed by atoms with van der Waals surface area (Å²) < 4.78 is 28.8. The van der Waals surface area contributed by atoms with Gasteiger partial charge in [-0.15, -0.1) is 12.4 Å². The number of aromatic nitrogens is 1. The van der Waals surface area contributed by atoms with Crippen molar-refractivity contribution in [2.24, 2.45) is 0 Å². The number of para-hydroxylation sites is 2. The minimum Gasteiger partial charge on any atom is -0.496 e. The molecule has 0 spiro atoms. The first-order chi connectivity index (χ1) is 13.4. The normalized spacial score (nSPS) is 11.4. The molecule has 0 aliphatic carbocycles. The molecule has 1 aromatic heterocycles. The Hall–Kier alpha value is -2.63. The van der Waals surface area contributed by atoms with E-state index < -0.39 is 9.84 Å². The largest absolute Gasteiger partial charge is 0.496 e. The van der Waals surface area contributed by atoms with E-state index in [1.165, 1.54) is 11.8 Å². The number of benzene rings is 3. The average molecular weight is 428 g/mol. The second-order valence-corrected chi connectivity index (χ2v) is 9.16. The van der Waals surface area contributed by atoms with Crippen molar-refractivity contribution in [3.63, 3.8) is 0 Å². The van der Waals surface area contributed by atoms with E-state index in [1.54, 1.807) is 7.11 Å². The predicted octanol–water partition coefficient (Wildman–Crippen LogP) is 4.95. The third-order valence-corrected chi connectivity index (χ3v) is 5.70. The standard InChI is InChI=1S/C23H21NO3S.ClH/c1-27-23-13-16(15-28(2,25)26)11-12-17(23)14-20-18-7-3-5-9-21(18)24-22-10-6-4-8-19(20)22;/h3-13H,14-15H2,1-2H3;1H. The minimum absolute atomic E-state index is 0. The van der Waals surface area contributed by atoms with Crippen molar-refractivity contribution in [3.05, 3.63) is 83.4 Å². The number of pyridine rings is 1. The van der Waals surface area contributed by atoms with Crippen molar-refractivity contribution in [2.75, 3.05) is 13.4 Å². The Morgan fingerprint density at radius 2 is 1.48 bits per heavy atom. The van der Waals surface area contributed by atoms with Crippen molar-refractivity contribution in [3.8, 4) is 5.75 Å². The lowest BCUT2D eigenvalue weighted by Crippen LogP contribution is -2.03. The first-order valence-corrected chi connectivity index (χ1v) is 11.1. The highest BCUT2D eigenvalue weighted by atomic mass is 35.5. The quantitative estimate of drug-likeness (QED) is 0.423. The van der Waals surface area contributed by atoms with Crippen molar-refractivity contribution >= 4 is 44.1 Å². The van der Waals surface area contributed by atoms with Crippen LogP contribution in [0.5, 0.6) is 5.75 Å². The van der Waals surface area contributed by atoms with Crippen molar-refractivity contribution in [1.29, 1.82) is 0 Å². The molecule has 4 aromatic rings. The predicted molar refractivity (Wildman–Crippen MR) is 121 cm³/mol. The maximum atomic E-state index is 11.6. The van der Waals surface area contributed by atoms with Gasteiger partial charge >= 0.3 is 0 Å². The van der Waals surface area contributed by atoms with Crippen molar-refractivity contribution in [1.82, 2.24) is 4.98 Å². The number of nitrogens with zero attached hydrogens (tertiary/aromatic N) is 1. The van der Waals surface area contributed by atoms with Crippen LogP contribution < -0.4 is 4.74 Å². The summed E-state index contributed by atoms with van der Waals surface area (Å²) >= 11 is 0. The molecule has 0 unspecified atom stereocenters. The highest BCUT2D eigenvalue weighted by Crippen LogP contribution is 2.31. The minimum atomic E-state index is -3.10. The fourth-order valence-electron chi connectivity index (χ4n) is 3.64. The van der Waals surface area contributed by atoms with Crippen LogP contribution in [0.15, 0.2) is 66.7 Å². The molecule has 4 nitrogen and oxygen atoms in total. The summed E-state index contributed by atoms with van der Waals surface area (Å²) in [5.74, 6) is 0.705. The summed E-state index contributed by atoms with van der Waals surface area (Å²) in [7, 11) is -1.48. The Balaban J connectivity index is 0.00000240. The second-order valence-electron chi connectivity index (χ2n) is 7.02. The molecule has 0 bridgehead atoms. The van der Waals surface area contributed by atoms with Gasteiger partial charge in [-0.2, -0.15) is 0 Å². The average Bonchev–Trinajstić information content (AvgIpc) is 2.67. The van der Waals surface area contributed by atoms with Crippen LogP contribution in [-0.4, -0.2) is 26.8 Å². The third kappa shape index (κ3) is 4.52. The number of methoxy groups -OCH3 is 1. The van der Waals surface area contributed by atoms with Crippen LogP contribution in [0.4, 0.5) is 0 Å². The Morgan fingerprint density at radius 3 is 2.03 bits per heavy atom. The number of sulfone groups is 1. The zero-order chi connectivity index (χ0) is 19.7. The van der Waals surface area contributed by atoms with E-state index in [0.29, 0.717) is 12.2 Å². The number of ether oxygens (including phenoxy) is 1. The summed E-state index contributed by atoms with van der Waals surface area (Å²) in [6.45, 7) is 0. The molecule has 0 radical (unpaired) electrons. The number of hydrogen-bond acceptors (Lipinski definition) is 4. The van der Waals surface area contributed by atoms with Crippen LogP contribution in [-0.2, 0) is 22.0 Å². The summed E-state index contributed by atoms with van der Waals surface area (Å²) in [6.07, 6.45) is 1.91. The summed E-state index contributed by atoms with van der Waals surface area (Å²) in [6, 6.07) is 21.9. The van der Waals surface area contributed by atoms with E-state index in [4.69, 9.17) is 9.72 Å². The third-order valence-electron chi connectivity index (χ3n) is 4.85. The fraction of sp³-hybridized carbons (Fsp3) is 0.174. The van der Waals surface area contributed by atoms with E-state index in [0.717, 1.165) is 32.9 Å².